The molecular weight excluding hydrogens is 313 g/mol. The van der Waals surface area contributed by atoms with Gasteiger partial charge >= 0.3 is 0 Å². The maximum atomic E-state index is 5.23. The highest BCUT2D eigenvalue weighted by Gasteiger charge is 2.29. The topological polar surface area (TPSA) is 0 Å². The number of thiocarbonyl (C=S) groups is 1. The van der Waals surface area contributed by atoms with Crippen molar-refractivity contribution < 1.29 is 0 Å². The van der Waals surface area contributed by atoms with Gasteiger partial charge in [-0.05, 0) is 0 Å². The molecule has 2 aliphatic heterocycles. The minimum atomic E-state index is 0.142. The SMILES string of the molecule is C=CC1=C(C=C)SC(=C2SC(=S)C(S)S2)S1. The molecule has 1 saturated heterocycles. The first-order chi connectivity index (χ1) is 7.65. The van der Waals surface area contributed by atoms with Crippen LogP contribution < -0.4 is 0 Å². The van der Waals surface area contributed by atoms with Crippen LogP contribution in [0.5, 0.6) is 0 Å². The van der Waals surface area contributed by atoms with Crippen molar-refractivity contribution in [2.24, 2.45) is 0 Å². The average molecular weight is 321 g/mol. The zero-order chi connectivity index (χ0) is 11.7. The second kappa shape index (κ2) is 5.63. The quantitative estimate of drug-likeness (QED) is 0.544. The van der Waals surface area contributed by atoms with Gasteiger partial charge in [-0.3, -0.25) is 0 Å². The third kappa shape index (κ3) is 2.62. The number of thioether (sulfide) groups is 4. The molecule has 0 N–H and O–H groups in total. The smallest absolute Gasteiger partial charge is 0.0939 e. The molecule has 0 aromatic rings. The van der Waals surface area contributed by atoms with Gasteiger partial charge in [0.1, 0.15) is 0 Å². The van der Waals surface area contributed by atoms with Crippen molar-refractivity contribution in [1.29, 1.82) is 0 Å². The first-order valence-electron chi connectivity index (χ1n) is 4.31. The van der Waals surface area contributed by atoms with E-state index in [0.717, 1.165) is 4.20 Å². The summed E-state index contributed by atoms with van der Waals surface area (Å²) in [6.45, 7) is 7.63. The van der Waals surface area contributed by atoms with Gasteiger partial charge in [-0.15, -0.1) is 0 Å². The molecule has 84 valence electrons. The van der Waals surface area contributed by atoms with Crippen molar-refractivity contribution in [3.63, 3.8) is 0 Å². The van der Waals surface area contributed by atoms with E-state index in [1.54, 1.807) is 47.0 Å². The Bertz CT molecular complexity index is 409. The van der Waals surface area contributed by atoms with E-state index in [2.05, 4.69) is 25.8 Å². The molecule has 16 heavy (non-hydrogen) atoms. The van der Waals surface area contributed by atoms with E-state index >= 15 is 0 Å². The predicted octanol–water partition coefficient (Wildman–Crippen LogP) is 5.24. The maximum Gasteiger partial charge on any atom is 0.0939 e. The lowest BCUT2D eigenvalue weighted by Crippen LogP contribution is -1.92. The molecule has 0 bridgehead atoms. The van der Waals surface area contributed by atoms with Crippen molar-refractivity contribution in [2.45, 2.75) is 4.58 Å². The molecule has 0 aliphatic carbocycles. The van der Waals surface area contributed by atoms with Crippen molar-refractivity contribution in [3.8, 4) is 0 Å². The highest BCUT2D eigenvalue weighted by Crippen LogP contribution is 2.58. The summed E-state index contributed by atoms with van der Waals surface area (Å²) in [6, 6.07) is 0. The highest BCUT2D eigenvalue weighted by atomic mass is 32.2. The molecule has 0 nitrogen and oxygen atoms in total. The second-order valence-electron chi connectivity index (χ2n) is 2.81. The lowest BCUT2D eigenvalue weighted by atomic mass is 10.5. The molecule has 2 rings (SSSR count). The van der Waals surface area contributed by atoms with E-state index in [1.807, 2.05) is 12.2 Å². The van der Waals surface area contributed by atoms with Crippen LogP contribution in [0.3, 0.4) is 0 Å². The third-order valence-electron chi connectivity index (χ3n) is 1.80. The minimum Gasteiger partial charge on any atom is -0.158 e. The Morgan fingerprint density at radius 2 is 1.62 bits per heavy atom. The highest BCUT2D eigenvalue weighted by molar-refractivity contribution is 8.44. The summed E-state index contributed by atoms with van der Waals surface area (Å²) in [6.07, 6.45) is 3.76. The van der Waals surface area contributed by atoms with Gasteiger partial charge in [0, 0.05) is 9.81 Å². The monoisotopic (exact) mass is 320 g/mol. The molecule has 0 amide bonds. The van der Waals surface area contributed by atoms with Gasteiger partial charge in [-0.2, -0.15) is 12.6 Å². The maximum absolute atomic E-state index is 5.23. The molecule has 1 atom stereocenters. The number of thiol groups is 1. The first kappa shape index (κ1) is 13.2. The number of hydrogen-bond donors (Lipinski definition) is 1. The van der Waals surface area contributed by atoms with E-state index in [-0.39, 0.29) is 4.58 Å². The molecular formula is C10H8S6. The standard InChI is InChI=1S/C10H8S6/c1-3-5-6(4-2)14-9(13-5)10-15-7(11)8(12)16-10/h3-4,7,11H,1-2H2. The normalized spacial score (nSPS) is 25.6. The molecule has 2 aliphatic rings. The molecule has 2 heterocycles. The van der Waals surface area contributed by atoms with Crippen LogP contribution in [-0.4, -0.2) is 8.78 Å². The van der Waals surface area contributed by atoms with E-state index in [1.165, 1.54) is 18.3 Å². The minimum absolute atomic E-state index is 0.142. The van der Waals surface area contributed by atoms with Crippen LogP contribution in [0.1, 0.15) is 0 Å². The summed E-state index contributed by atoms with van der Waals surface area (Å²) in [4.78, 5) is 2.36. The summed E-state index contributed by atoms with van der Waals surface area (Å²) >= 11 is 16.5. The fraction of sp³-hybridized carbons (Fsp3) is 0.100. The summed E-state index contributed by atoms with van der Waals surface area (Å²) in [5, 5.41) is 0. The largest absolute Gasteiger partial charge is 0.158 e. The Kier molecular flexibility index (Phi) is 4.66. The fourth-order valence-corrected chi connectivity index (χ4v) is 7.23. The van der Waals surface area contributed by atoms with Crippen molar-refractivity contribution >= 4 is 76.1 Å². The Labute approximate surface area is 123 Å². The molecule has 6 heteroatoms. The van der Waals surface area contributed by atoms with Gasteiger partial charge < -0.3 is 0 Å². The summed E-state index contributed by atoms with van der Waals surface area (Å²) in [7, 11) is 0. The van der Waals surface area contributed by atoms with Gasteiger partial charge in [0.05, 0.1) is 17.3 Å². The van der Waals surface area contributed by atoms with E-state index in [4.69, 9.17) is 12.2 Å². The zero-order valence-electron chi connectivity index (χ0n) is 8.13. The van der Waals surface area contributed by atoms with Crippen LogP contribution in [0.4, 0.5) is 0 Å². The van der Waals surface area contributed by atoms with E-state index in [9.17, 15) is 0 Å². The lowest BCUT2D eigenvalue weighted by molar-refractivity contribution is 1.88. The van der Waals surface area contributed by atoms with Crippen molar-refractivity contribution in [1.82, 2.24) is 0 Å². The van der Waals surface area contributed by atoms with Gasteiger partial charge in [0.2, 0.25) is 0 Å². The summed E-state index contributed by atoms with van der Waals surface area (Å²) < 4.78 is 3.63. The van der Waals surface area contributed by atoms with Crippen molar-refractivity contribution in [3.05, 3.63) is 43.6 Å². The Morgan fingerprint density at radius 3 is 2.00 bits per heavy atom. The van der Waals surface area contributed by atoms with Gasteiger partial charge in [0.25, 0.3) is 0 Å². The van der Waals surface area contributed by atoms with Crippen LogP contribution >= 0.6 is 71.9 Å². The molecule has 0 aromatic heterocycles. The average Bonchev–Trinajstić information content (AvgIpc) is 2.83. The molecule has 1 unspecified atom stereocenters. The van der Waals surface area contributed by atoms with Crippen LogP contribution in [0.15, 0.2) is 43.6 Å². The van der Waals surface area contributed by atoms with Crippen LogP contribution in [0, 0.1) is 0 Å². The van der Waals surface area contributed by atoms with Gasteiger partial charge in [0.15, 0.2) is 0 Å². The van der Waals surface area contributed by atoms with Gasteiger partial charge in [-0.1, -0.05) is 84.6 Å². The number of allylic oxidation sites excluding steroid dienone is 2. The number of rotatable bonds is 2. The molecule has 0 saturated carbocycles. The molecule has 0 spiro atoms. The second-order valence-corrected chi connectivity index (χ2v) is 9.16. The van der Waals surface area contributed by atoms with Gasteiger partial charge in [-0.25, -0.2) is 0 Å². The third-order valence-corrected chi connectivity index (χ3v) is 8.89. The summed E-state index contributed by atoms with van der Waals surface area (Å²) in [5.74, 6) is 0. The first-order valence-corrected chi connectivity index (χ1v) is 8.56. The zero-order valence-corrected chi connectivity index (χ0v) is 13.1. The number of hydrogen-bond acceptors (Lipinski definition) is 6. The Morgan fingerprint density at radius 1 is 1.06 bits per heavy atom. The van der Waals surface area contributed by atoms with Crippen molar-refractivity contribution in [2.75, 3.05) is 0 Å². The van der Waals surface area contributed by atoms with E-state index < -0.39 is 0 Å². The van der Waals surface area contributed by atoms with E-state index in [0.29, 0.717) is 0 Å². The van der Waals surface area contributed by atoms with Crippen LogP contribution in [0.2, 0.25) is 0 Å². The molecule has 1 fully saturated rings. The molecule has 0 aromatic carbocycles. The summed E-state index contributed by atoms with van der Waals surface area (Å²) in [5.41, 5.74) is 0. The lowest BCUT2D eigenvalue weighted by Gasteiger charge is -1.99. The molecule has 0 radical (unpaired) electrons. The Hall–Kier alpha value is 0.800. The van der Waals surface area contributed by atoms with Crippen LogP contribution in [0.25, 0.3) is 0 Å². The fourth-order valence-electron chi connectivity index (χ4n) is 1.09. The van der Waals surface area contributed by atoms with Crippen LogP contribution in [-0.2, 0) is 0 Å². The predicted molar refractivity (Wildman–Crippen MR) is 90.2 cm³/mol. The Balaban J connectivity index is 2.23.